The maximum atomic E-state index is 13.6. The minimum absolute atomic E-state index is 0.143. The van der Waals surface area contributed by atoms with Crippen LogP contribution in [0, 0.1) is 6.92 Å². The first-order valence-electron chi connectivity index (χ1n) is 8.54. The fraction of sp³-hybridized carbons (Fsp3) is 0.368. The summed E-state index contributed by atoms with van der Waals surface area (Å²) >= 11 is 0. The van der Waals surface area contributed by atoms with E-state index in [1.54, 1.807) is 24.3 Å². The third-order valence-corrected chi connectivity index (χ3v) is 9.84. The quantitative estimate of drug-likeness (QED) is 0.575. The first-order chi connectivity index (χ1) is 12.8. The van der Waals surface area contributed by atoms with Crippen LogP contribution in [0.3, 0.4) is 0 Å². The molecule has 0 amide bonds. The van der Waals surface area contributed by atoms with Crippen LogP contribution in [0.2, 0.25) is 0 Å². The molecule has 3 unspecified atom stereocenters. The van der Waals surface area contributed by atoms with Crippen LogP contribution in [0.4, 0.5) is 0 Å². The van der Waals surface area contributed by atoms with Crippen LogP contribution < -0.4 is 0 Å². The average Bonchev–Trinajstić information content (AvgIpc) is 3.04. The van der Waals surface area contributed by atoms with Crippen molar-refractivity contribution in [2.45, 2.75) is 24.3 Å². The van der Waals surface area contributed by atoms with E-state index < -0.39 is 26.2 Å². The van der Waals surface area contributed by atoms with E-state index in [2.05, 4.69) is 0 Å². The largest absolute Gasteiger partial charge is 0.366 e. The lowest BCUT2D eigenvalue weighted by Crippen LogP contribution is -2.26. The van der Waals surface area contributed by atoms with Crippen molar-refractivity contribution in [1.29, 1.82) is 0 Å². The lowest BCUT2D eigenvalue weighted by Gasteiger charge is -2.33. The molecule has 0 spiro atoms. The third kappa shape index (κ3) is 3.36. The normalized spacial score (nSPS) is 28.4. The standard InChI is InChI=1S/C19H24O6P2/c1-15-10-12-16(13-11-15)18-14-19(25-26(18,20)22-2,27(21,23-3)24-4)17-8-6-5-7-9-17/h5-13,18H,14H2,1-4H3. The molecule has 146 valence electrons. The molecule has 0 saturated carbocycles. The van der Waals surface area contributed by atoms with E-state index in [1.165, 1.54) is 21.3 Å². The van der Waals surface area contributed by atoms with Crippen LogP contribution in [-0.2, 0) is 32.6 Å². The van der Waals surface area contributed by atoms with Crippen molar-refractivity contribution in [2.24, 2.45) is 0 Å². The van der Waals surface area contributed by atoms with Gasteiger partial charge in [-0.1, -0.05) is 60.2 Å². The Morgan fingerprint density at radius 3 is 2.15 bits per heavy atom. The molecule has 1 saturated heterocycles. The Morgan fingerprint density at radius 2 is 1.63 bits per heavy atom. The summed E-state index contributed by atoms with van der Waals surface area (Å²) in [6, 6.07) is 16.6. The maximum Gasteiger partial charge on any atom is 0.366 e. The molecule has 27 heavy (non-hydrogen) atoms. The molecule has 1 aliphatic heterocycles. The van der Waals surface area contributed by atoms with Crippen LogP contribution in [0.25, 0.3) is 0 Å². The van der Waals surface area contributed by atoms with Gasteiger partial charge in [-0.3, -0.25) is 13.7 Å². The van der Waals surface area contributed by atoms with Gasteiger partial charge in [-0.2, -0.15) is 0 Å². The molecule has 3 rings (SSSR count). The van der Waals surface area contributed by atoms with E-state index >= 15 is 0 Å². The molecule has 2 aromatic carbocycles. The molecule has 0 bridgehead atoms. The predicted octanol–water partition coefficient (Wildman–Crippen LogP) is 5.63. The summed E-state index contributed by atoms with van der Waals surface area (Å²) in [5.41, 5.74) is 1.85. The lowest BCUT2D eigenvalue weighted by atomic mass is 9.99. The Labute approximate surface area is 159 Å². The maximum absolute atomic E-state index is 13.6. The predicted molar refractivity (Wildman–Crippen MR) is 104 cm³/mol. The highest BCUT2D eigenvalue weighted by atomic mass is 31.2. The molecule has 0 aliphatic carbocycles. The van der Waals surface area contributed by atoms with Crippen LogP contribution in [0.15, 0.2) is 54.6 Å². The highest BCUT2D eigenvalue weighted by Crippen LogP contribution is 2.82. The van der Waals surface area contributed by atoms with Gasteiger partial charge in [0.1, 0.15) is 0 Å². The van der Waals surface area contributed by atoms with Gasteiger partial charge < -0.3 is 13.6 Å². The zero-order chi connectivity index (χ0) is 19.7. The minimum Gasteiger partial charge on any atom is -0.311 e. The van der Waals surface area contributed by atoms with Crippen LogP contribution in [0.5, 0.6) is 0 Å². The van der Waals surface area contributed by atoms with Gasteiger partial charge in [0, 0.05) is 27.8 Å². The average molecular weight is 410 g/mol. The number of aryl methyl sites for hydroxylation is 1. The number of benzene rings is 2. The zero-order valence-corrected chi connectivity index (χ0v) is 17.6. The highest BCUT2D eigenvalue weighted by molar-refractivity contribution is 7.59. The third-order valence-electron chi connectivity index (χ3n) is 4.99. The first kappa shape index (κ1) is 20.5. The molecule has 1 fully saturated rings. The van der Waals surface area contributed by atoms with Crippen molar-refractivity contribution in [3.8, 4) is 0 Å². The second kappa shape index (κ2) is 7.63. The van der Waals surface area contributed by atoms with Crippen LogP contribution in [0.1, 0.15) is 28.8 Å². The SMILES string of the molecule is COP1(=O)OC(c2ccccc2)(P(=O)(OC)OC)CC1c1ccc(C)cc1. The van der Waals surface area contributed by atoms with E-state index in [9.17, 15) is 9.13 Å². The van der Waals surface area contributed by atoms with Gasteiger partial charge in [-0.25, -0.2) is 0 Å². The van der Waals surface area contributed by atoms with Crippen molar-refractivity contribution in [1.82, 2.24) is 0 Å². The van der Waals surface area contributed by atoms with Crippen molar-refractivity contribution in [3.05, 3.63) is 71.3 Å². The fourth-order valence-corrected chi connectivity index (χ4v) is 8.07. The Morgan fingerprint density at radius 1 is 1.04 bits per heavy atom. The second-order valence-corrected chi connectivity index (χ2v) is 11.2. The van der Waals surface area contributed by atoms with E-state index in [0.29, 0.717) is 5.56 Å². The Kier molecular flexibility index (Phi) is 5.79. The molecule has 0 radical (unpaired) electrons. The summed E-state index contributed by atoms with van der Waals surface area (Å²) in [5.74, 6) is 0. The minimum atomic E-state index is -3.82. The van der Waals surface area contributed by atoms with Gasteiger partial charge in [-0.05, 0) is 18.1 Å². The van der Waals surface area contributed by atoms with E-state index in [-0.39, 0.29) is 6.42 Å². The molecule has 1 heterocycles. The van der Waals surface area contributed by atoms with Crippen LogP contribution >= 0.6 is 15.2 Å². The molecule has 6 nitrogen and oxygen atoms in total. The van der Waals surface area contributed by atoms with Gasteiger partial charge in [0.05, 0.1) is 5.66 Å². The highest BCUT2D eigenvalue weighted by Gasteiger charge is 2.65. The molecule has 0 N–H and O–H groups in total. The summed E-state index contributed by atoms with van der Waals surface area (Å²) in [6.45, 7) is 1.98. The molecule has 1 aliphatic rings. The van der Waals surface area contributed by atoms with Gasteiger partial charge in [-0.15, -0.1) is 0 Å². The van der Waals surface area contributed by atoms with Crippen molar-refractivity contribution in [3.63, 3.8) is 0 Å². The molecule has 8 heteroatoms. The topological polar surface area (TPSA) is 71.1 Å². The Balaban J connectivity index is 2.20. The van der Waals surface area contributed by atoms with Gasteiger partial charge in [0.25, 0.3) is 0 Å². The number of hydrogen-bond donors (Lipinski definition) is 0. The molecule has 0 aromatic heterocycles. The monoisotopic (exact) mass is 410 g/mol. The molecule has 3 atom stereocenters. The van der Waals surface area contributed by atoms with E-state index in [0.717, 1.165) is 11.1 Å². The van der Waals surface area contributed by atoms with Gasteiger partial charge in [0.15, 0.2) is 0 Å². The smallest absolute Gasteiger partial charge is 0.311 e. The van der Waals surface area contributed by atoms with Gasteiger partial charge >= 0.3 is 15.2 Å². The van der Waals surface area contributed by atoms with Crippen molar-refractivity contribution >= 4 is 15.2 Å². The fourth-order valence-electron chi connectivity index (χ4n) is 3.50. The molecule has 2 aromatic rings. The molecular weight excluding hydrogens is 386 g/mol. The summed E-state index contributed by atoms with van der Waals surface area (Å²) < 4.78 is 49.2. The summed E-state index contributed by atoms with van der Waals surface area (Å²) in [7, 11) is -3.51. The first-order valence-corrected chi connectivity index (χ1v) is 11.7. The Bertz CT molecular complexity index is 875. The Hall–Kier alpha value is -1.26. The zero-order valence-electron chi connectivity index (χ0n) is 15.8. The van der Waals surface area contributed by atoms with E-state index in [4.69, 9.17) is 18.1 Å². The lowest BCUT2D eigenvalue weighted by molar-refractivity contribution is 0.104. The summed E-state index contributed by atoms with van der Waals surface area (Å²) in [6.07, 6.45) is 0.143. The molecular formula is C19H24O6P2. The van der Waals surface area contributed by atoms with Crippen molar-refractivity contribution < 1.29 is 27.2 Å². The number of hydrogen-bond acceptors (Lipinski definition) is 6. The number of rotatable bonds is 6. The summed E-state index contributed by atoms with van der Waals surface area (Å²) in [4.78, 5) is 0. The van der Waals surface area contributed by atoms with Crippen LogP contribution in [-0.4, -0.2) is 21.3 Å². The summed E-state index contributed by atoms with van der Waals surface area (Å²) in [5, 5.41) is -1.53. The van der Waals surface area contributed by atoms with Crippen molar-refractivity contribution in [2.75, 3.05) is 21.3 Å². The second-order valence-electron chi connectivity index (χ2n) is 6.46. The van der Waals surface area contributed by atoms with E-state index in [1.807, 2.05) is 37.3 Å². The van der Waals surface area contributed by atoms with Gasteiger partial charge in [0.2, 0.25) is 5.34 Å².